The van der Waals surface area contributed by atoms with Gasteiger partial charge >= 0.3 is 0 Å². The molecule has 1 heterocycles. The molecule has 3 nitrogen and oxygen atoms in total. The van der Waals surface area contributed by atoms with Gasteiger partial charge in [-0.25, -0.2) is 0 Å². The molecule has 1 aliphatic heterocycles. The van der Waals surface area contributed by atoms with Gasteiger partial charge in [0.05, 0.1) is 6.10 Å². The van der Waals surface area contributed by atoms with E-state index >= 15 is 0 Å². The number of rotatable bonds is 1. The van der Waals surface area contributed by atoms with Gasteiger partial charge in [0.1, 0.15) is 0 Å². The Labute approximate surface area is 97.8 Å². The molecule has 0 aromatic carbocycles. The topological polar surface area (TPSA) is 40.5 Å². The minimum Gasteiger partial charge on any atom is -0.391 e. The molecule has 1 saturated heterocycles. The molecular weight excluding hydrogens is 202 g/mol. The minimum atomic E-state index is -0.293. The molecule has 0 aromatic heterocycles. The maximum absolute atomic E-state index is 12.3. The highest BCUT2D eigenvalue weighted by Crippen LogP contribution is 2.30. The molecule has 1 amide bonds. The van der Waals surface area contributed by atoms with E-state index in [0.29, 0.717) is 18.4 Å². The van der Waals surface area contributed by atoms with E-state index in [4.69, 9.17) is 0 Å². The van der Waals surface area contributed by atoms with Crippen LogP contribution in [0.4, 0.5) is 0 Å². The van der Waals surface area contributed by atoms with Gasteiger partial charge in [0.15, 0.2) is 0 Å². The molecule has 0 spiro atoms. The molecule has 1 N–H and O–H groups in total. The lowest BCUT2D eigenvalue weighted by atomic mass is 9.81. The van der Waals surface area contributed by atoms with Crippen molar-refractivity contribution < 1.29 is 9.90 Å². The Kier molecular flexibility index (Phi) is 3.85. The number of piperidine rings is 1. The van der Waals surface area contributed by atoms with Crippen LogP contribution in [0.25, 0.3) is 0 Å². The van der Waals surface area contributed by atoms with Crippen molar-refractivity contribution in [2.24, 2.45) is 11.8 Å². The van der Waals surface area contributed by atoms with Gasteiger partial charge < -0.3 is 10.0 Å². The van der Waals surface area contributed by atoms with Crippen molar-refractivity contribution in [2.45, 2.75) is 51.6 Å². The van der Waals surface area contributed by atoms with Gasteiger partial charge in [0, 0.05) is 19.0 Å². The van der Waals surface area contributed by atoms with E-state index < -0.39 is 0 Å². The summed E-state index contributed by atoms with van der Waals surface area (Å²) in [4.78, 5) is 14.1. The van der Waals surface area contributed by atoms with Crippen LogP contribution < -0.4 is 0 Å². The van der Waals surface area contributed by atoms with Gasteiger partial charge in [-0.3, -0.25) is 4.79 Å². The third kappa shape index (κ3) is 2.76. The highest BCUT2D eigenvalue weighted by atomic mass is 16.3. The van der Waals surface area contributed by atoms with E-state index in [2.05, 4.69) is 6.92 Å². The maximum atomic E-state index is 12.3. The molecule has 3 atom stereocenters. The SMILES string of the molecule is CC1CCCC(C(=O)N2CCCC(O)C2)C1. The second-order valence-electron chi connectivity index (χ2n) is 5.55. The third-order valence-corrected chi connectivity index (χ3v) is 3.99. The number of aliphatic hydroxyl groups is 1. The summed E-state index contributed by atoms with van der Waals surface area (Å²) < 4.78 is 0. The Hall–Kier alpha value is -0.570. The number of β-amino-alcohol motifs (C(OH)–C–C–N with tert-alkyl or cyclic N) is 1. The smallest absolute Gasteiger partial charge is 0.225 e. The predicted molar refractivity (Wildman–Crippen MR) is 62.9 cm³/mol. The summed E-state index contributed by atoms with van der Waals surface area (Å²) in [5.74, 6) is 1.22. The summed E-state index contributed by atoms with van der Waals surface area (Å²) in [6, 6.07) is 0. The molecular formula is C13H23NO2. The van der Waals surface area contributed by atoms with Gasteiger partial charge in [-0.2, -0.15) is 0 Å². The number of carbonyl (C=O) groups excluding carboxylic acids is 1. The number of amides is 1. The van der Waals surface area contributed by atoms with Crippen LogP contribution in [0, 0.1) is 11.8 Å². The molecule has 3 heteroatoms. The van der Waals surface area contributed by atoms with Crippen molar-refractivity contribution in [2.75, 3.05) is 13.1 Å². The second kappa shape index (κ2) is 5.17. The molecule has 1 saturated carbocycles. The number of likely N-dealkylation sites (tertiary alicyclic amines) is 1. The van der Waals surface area contributed by atoms with E-state index in [0.717, 1.165) is 32.2 Å². The Morgan fingerprint density at radius 3 is 2.75 bits per heavy atom. The molecule has 2 aliphatic rings. The van der Waals surface area contributed by atoms with Crippen molar-refractivity contribution in [3.05, 3.63) is 0 Å². The lowest BCUT2D eigenvalue weighted by molar-refractivity contribution is -0.140. The van der Waals surface area contributed by atoms with E-state index in [9.17, 15) is 9.90 Å². The van der Waals surface area contributed by atoms with Crippen LogP contribution in [0.3, 0.4) is 0 Å². The summed E-state index contributed by atoms with van der Waals surface area (Å²) in [6.07, 6.45) is 6.07. The fourth-order valence-corrected chi connectivity index (χ4v) is 3.07. The quantitative estimate of drug-likeness (QED) is 0.739. The van der Waals surface area contributed by atoms with Crippen LogP contribution in [-0.4, -0.2) is 35.1 Å². The summed E-state index contributed by atoms with van der Waals surface area (Å²) in [7, 11) is 0. The van der Waals surface area contributed by atoms with Crippen LogP contribution >= 0.6 is 0 Å². The summed E-state index contributed by atoms with van der Waals surface area (Å²) in [5.41, 5.74) is 0. The van der Waals surface area contributed by atoms with Gasteiger partial charge in [-0.15, -0.1) is 0 Å². The van der Waals surface area contributed by atoms with Crippen LogP contribution in [0.15, 0.2) is 0 Å². The molecule has 0 aromatic rings. The van der Waals surface area contributed by atoms with E-state index in [1.54, 1.807) is 0 Å². The van der Waals surface area contributed by atoms with Crippen molar-refractivity contribution in [3.8, 4) is 0 Å². The van der Waals surface area contributed by atoms with Gasteiger partial charge in [-0.05, 0) is 31.6 Å². The zero-order valence-electron chi connectivity index (χ0n) is 10.2. The number of hydrogen-bond donors (Lipinski definition) is 1. The van der Waals surface area contributed by atoms with E-state index in [1.807, 2.05) is 4.90 Å². The Balaban J connectivity index is 1.90. The minimum absolute atomic E-state index is 0.231. The standard InChI is InChI=1S/C13H23NO2/c1-10-4-2-5-11(8-10)13(16)14-7-3-6-12(15)9-14/h10-12,15H,2-9H2,1H3. The van der Waals surface area contributed by atoms with Gasteiger partial charge in [0.2, 0.25) is 5.91 Å². The average molecular weight is 225 g/mol. The van der Waals surface area contributed by atoms with Crippen molar-refractivity contribution in [1.82, 2.24) is 4.90 Å². The Morgan fingerprint density at radius 2 is 2.06 bits per heavy atom. The molecule has 92 valence electrons. The van der Waals surface area contributed by atoms with Crippen LogP contribution in [0.5, 0.6) is 0 Å². The number of carbonyl (C=O) groups is 1. The number of hydrogen-bond acceptors (Lipinski definition) is 2. The summed E-state index contributed by atoms with van der Waals surface area (Å²) >= 11 is 0. The fourth-order valence-electron chi connectivity index (χ4n) is 3.07. The lowest BCUT2D eigenvalue weighted by Gasteiger charge is -2.35. The fraction of sp³-hybridized carbons (Fsp3) is 0.923. The zero-order valence-corrected chi connectivity index (χ0v) is 10.2. The maximum Gasteiger partial charge on any atom is 0.225 e. The largest absolute Gasteiger partial charge is 0.391 e. The van der Waals surface area contributed by atoms with Gasteiger partial charge in [-0.1, -0.05) is 19.8 Å². The van der Waals surface area contributed by atoms with E-state index in [-0.39, 0.29) is 12.0 Å². The second-order valence-corrected chi connectivity index (χ2v) is 5.55. The Morgan fingerprint density at radius 1 is 1.25 bits per heavy atom. The number of nitrogens with zero attached hydrogens (tertiary/aromatic N) is 1. The van der Waals surface area contributed by atoms with Crippen LogP contribution in [0.1, 0.15) is 45.4 Å². The molecule has 0 radical (unpaired) electrons. The molecule has 3 unspecified atom stereocenters. The highest BCUT2D eigenvalue weighted by Gasteiger charge is 2.30. The van der Waals surface area contributed by atoms with E-state index in [1.165, 1.54) is 12.8 Å². The van der Waals surface area contributed by atoms with Crippen molar-refractivity contribution in [3.63, 3.8) is 0 Å². The van der Waals surface area contributed by atoms with Crippen LogP contribution in [-0.2, 0) is 4.79 Å². The first kappa shape index (κ1) is 11.9. The van der Waals surface area contributed by atoms with Crippen molar-refractivity contribution >= 4 is 5.91 Å². The molecule has 2 fully saturated rings. The number of aliphatic hydroxyl groups excluding tert-OH is 1. The highest BCUT2D eigenvalue weighted by molar-refractivity contribution is 5.79. The molecule has 2 rings (SSSR count). The van der Waals surface area contributed by atoms with Crippen LogP contribution in [0.2, 0.25) is 0 Å². The monoisotopic (exact) mass is 225 g/mol. The predicted octanol–water partition coefficient (Wildman–Crippen LogP) is 1.80. The first-order valence-corrected chi connectivity index (χ1v) is 6.63. The Bertz CT molecular complexity index is 230. The van der Waals surface area contributed by atoms with Crippen molar-refractivity contribution in [1.29, 1.82) is 0 Å². The average Bonchev–Trinajstić information content (AvgIpc) is 2.28. The zero-order chi connectivity index (χ0) is 11.5. The first-order chi connectivity index (χ1) is 7.66. The van der Waals surface area contributed by atoms with Gasteiger partial charge in [0.25, 0.3) is 0 Å². The lowest BCUT2D eigenvalue weighted by Crippen LogP contribution is -2.45. The molecule has 16 heavy (non-hydrogen) atoms. The summed E-state index contributed by atoms with van der Waals surface area (Å²) in [5, 5.41) is 9.58. The molecule has 1 aliphatic carbocycles. The summed E-state index contributed by atoms with van der Waals surface area (Å²) in [6.45, 7) is 3.65. The first-order valence-electron chi connectivity index (χ1n) is 6.63. The normalized spacial score (nSPS) is 36.1. The molecule has 0 bridgehead atoms. The third-order valence-electron chi connectivity index (χ3n) is 3.99.